The van der Waals surface area contributed by atoms with E-state index in [0.29, 0.717) is 6.54 Å². The first-order valence-corrected chi connectivity index (χ1v) is 8.89. The van der Waals surface area contributed by atoms with Crippen molar-refractivity contribution >= 4 is 5.91 Å². The number of aliphatic hydroxyl groups excluding tert-OH is 1. The Hall–Kier alpha value is -1.39. The minimum absolute atomic E-state index is 0.0141. The van der Waals surface area contributed by atoms with Crippen molar-refractivity contribution in [1.82, 2.24) is 10.2 Å². The number of nitrogens with one attached hydrogen (secondary N) is 1. The number of nitrogens with zero attached hydrogens (tertiary/aromatic N) is 1. The van der Waals surface area contributed by atoms with Crippen molar-refractivity contribution in [3.8, 4) is 0 Å². The molecule has 0 spiro atoms. The third-order valence-electron chi connectivity index (χ3n) is 4.97. The largest absolute Gasteiger partial charge is 0.392 e. The topological polar surface area (TPSA) is 52.6 Å². The summed E-state index contributed by atoms with van der Waals surface area (Å²) in [6, 6.07) is 10.7. The molecule has 4 heteroatoms. The summed E-state index contributed by atoms with van der Waals surface area (Å²) in [7, 11) is 0. The minimum atomic E-state index is -0.462. The van der Waals surface area contributed by atoms with Gasteiger partial charge in [-0.3, -0.25) is 9.69 Å². The summed E-state index contributed by atoms with van der Waals surface area (Å²) in [4.78, 5) is 14.7. The average molecular weight is 318 g/mol. The number of benzene rings is 1. The Morgan fingerprint density at radius 1 is 1.26 bits per heavy atom. The van der Waals surface area contributed by atoms with Gasteiger partial charge in [0.15, 0.2) is 0 Å². The summed E-state index contributed by atoms with van der Waals surface area (Å²) < 4.78 is 0. The van der Waals surface area contributed by atoms with Gasteiger partial charge in [-0.1, -0.05) is 44.2 Å². The Kier molecular flexibility index (Phi) is 7.06. The van der Waals surface area contributed by atoms with Gasteiger partial charge in [0.25, 0.3) is 0 Å². The molecular formula is C19H30N2O2. The van der Waals surface area contributed by atoms with E-state index in [0.717, 1.165) is 38.8 Å². The van der Waals surface area contributed by atoms with Crippen LogP contribution in [0.4, 0.5) is 0 Å². The van der Waals surface area contributed by atoms with Gasteiger partial charge in [-0.15, -0.1) is 0 Å². The van der Waals surface area contributed by atoms with E-state index in [1.807, 2.05) is 6.07 Å². The summed E-state index contributed by atoms with van der Waals surface area (Å²) in [5.74, 6) is -0.204. The Morgan fingerprint density at radius 2 is 1.96 bits per heavy atom. The van der Waals surface area contributed by atoms with Gasteiger partial charge in [0.1, 0.15) is 0 Å². The van der Waals surface area contributed by atoms with Crippen LogP contribution in [0.15, 0.2) is 30.3 Å². The first kappa shape index (κ1) is 18.0. The zero-order chi connectivity index (χ0) is 16.7. The van der Waals surface area contributed by atoms with E-state index in [9.17, 15) is 9.90 Å². The van der Waals surface area contributed by atoms with Crippen LogP contribution in [-0.2, 0) is 11.2 Å². The zero-order valence-electron chi connectivity index (χ0n) is 14.4. The lowest BCUT2D eigenvalue weighted by molar-refractivity contribution is -0.127. The fourth-order valence-electron chi connectivity index (χ4n) is 3.55. The molecule has 1 aromatic carbocycles. The highest BCUT2D eigenvalue weighted by atomic mass is 16.3. The highest BCUT2D eigenvalue weighted by Gasteiger charge is 2.31. The molecule has 1 aliphatic carbocycles. The van der Waals surface area contributed by atoms with Crippen molar-refractivity contribution in [2.75, 3.05) is 19.6 Å². The molecule has 1 aliphatic rings. The predicted molar refractivity (Wildman–Crippen MR) is 93.2 cm³/mol. The summed E-state index contributed by atoms with van der Waals surface area (Å²) in [5.41, 5.74) is 1.29. The summed E-state index contributed by atoms with van der Waals surface area (Å²) in [6.07, 6.45) is 2.97. The predicted octanol–water partition coefficient (Wildman–Crippen LogP) is 2.22. The number of aliphatic hydroxyl groups is 1. The van der Waals surface area contributed by atoms with Crippen molar-refractivity contribution in [1.29, 1.82) is 0 Å². The number of hydrogen-bond acceptors (Lipinski definition) is 3. The van der Waals surface area contributed by atoms with Gasteiger partial charge in [-0.25, -0.2) is 0 Å². The zero-order valence-corrected chi connectivity index (χ0v) is 14.4. The third kappa shape index (κ3) is 5.05. The molecule has 0 radical (unpaired) electrons. The number of amides is 1. The number of rotatable bonds is 8. The van der Waals surface area contributed by atoms with Crippen LogP contribution in [0, 0.1) is 5.92 Å². The molecule has 128 valence electrons. The van der Waals surface area contributed by atoms with Crippen LogP contribution in [0.2, 0.25) is 0 Å². The first-order valence-electron chi connectivity index (χ1n) is 8.89. The van der Waals surface area contributed by atoms with Crippen LogP contribution >= 0.6 is 0 Å². The van der Waals surface area contributed by atoms with Crippen LogP contribution in [0.25, 0.3) is 0 Å². The van der Waals surface area contributed by atoms with E-state index in [4.69, 9.17) is 0 Å². The van der Waals surface area contributed by atoms with Gasteiger partial charge in [0.2, 0.25) is 5.91 Å². The van der Waals surface area contributed by atoms with Crippen molar-refractivity contribution in [2.24, 2.45) is 5.92 Å². The maximum absolute atomic E-state index is 12.3. The molecule has 0 bridgehead atoms. The van der Waals surface area contributed by atoms with Crippen LogP contribution in [0.5, 0.6) is 0 Å². The van der Waals surface area contributed by atoms with Gasteiger partial charge >= 0.3 is 0 Å². The van der Waals surface area contributed by atoms with Crippen molar-refractivity contribution < 1.29 is 9.90 Å². The molecule has 2 N–H and O–H groups in total. The van der Waals surface area contributed by atoms with Crippen molar-refractivity contribution in [3.05, 3.63) is 35.9 Å². The molecular weight excluding hydrogens is 288 g/mol. The van der Waals surface area contributed by atoms with Crippen LogP contribution in [0.1, 0.15) is 38.7 Å². The maximum atomic E-state index is 12.3. The molecule has 0 aliphatic heterocycles. The van der Waals surface area contributed by atoms with E-state index < -0.39 is 6.10 Å². The highest BCUT2D eigenvalue weighted by Crippen LogP contribution is 2.25. The van der Waals surface area contributed by atoms with Gasteiger partial charge in [-0.05, 0) is 44.3 Å². The third-order valence-corrected chi connectivity index (χ3v) is 4.97. The van der Waals surface area contributed by atoms with Crippen LogP contribution in [-0.4, -0.2) is 47.7 Å². The van der Waals surface area contributed by atoms with Gasteiger partial charge in [-0.2, -0.15) is 0 Å². The average Bonchev–Trinajstić information content (AvgIpc) is 3.00. The van der Waals surface area contributed by atoms with Crippen LogP contribution < -0.4 is 5.32 Å². The molecule has 0 saturated heterocycles. The first-order chi connectivity index (χ1) is 11.2. The molecule has 1 amide bonds. The Morgan fingerprint density at radius 3 is 2.52 bits per heavy atom. The fraction of sp³-hybridized carbons (Fsp3) is 0.632. The molecule has 4 nitrogen and oxygen atoms in total. The lowest BCUT2D eigenvalue weighted by Gasteiger charge is -2.30. The lowest BCUT2D eigenvalue weighted by atomic mass is 10.0. The molecule has 1 saturated carbocycles. The van der Waals surface area contributed by atoms with Gasteiger partial charge in [0.05, 0.1) is 12.0 Å². The highest BCUT2D eigenvalue weighted by molar-refractivity contribution is 5.79. The van der Waals surface area contributed by atoms with E-state index >= 15 is 0 Å². The van der Waals surface area contributed by atoms with Crippen molar-refractivity contribution in [2.45, 2.75) is 51.7 Å². The van der Waals surface area contributed by atoms with E-state index in [2.05, 4.69) is 48.3 Å². The Balaban J connectivity index is 1.95. The molecule has 3 unspecified atom stereocenters. The molecule has 0 heterocycles. The monoisotopic (exact) mass is 318 g/mol. The smallest absolute Gasteiger partial charge is 0.225 e. The second-order valence-electron chi connectivity index (χ2n) is 6.41. The quantitative estimate of drug-likeness (QED) is 0.773. The minimum Gasteiger partial charge on any atom is -0.392 e. The molecule has 23 heavy (non-hydrogen) atoms. The number of carbonyl (C=O) groups excluding carboxylic acids is 1. The molecule has 3 atom stereocenters. The second-order valence-corrected chi connectivity index (χ2v) is 6.41. The number of hydrogen-bond donors (Lipinski definition) is 2. The number of carbonyl (C=O) groups is 1. The van der Waals surface area contributed by atoms with Crippen LogP contribution in [0.3, 0.4) is 0 Å². The molecule has 2 rings (SSSR count). The molecule has 1 aromatic rings. The van der Waals surface area contributed by atoms with E-state index in [1.54, 1.807) is 0 Å². The standard InChI is InChI=1S/C19H30N2O2/c1-3-21(4-2)16(13-15-9-6-5-7-10-15)14-20-19(23)17-11-8-12-18(17)22/h5-7,9-10,16-18,22H,3-4,8,11-14H2,1-2H3,(H,20,23). The second kappa shape index (κ2) is 9.04. The SMILES string of the molecule is CCN(CC)C(CNC(=O)C1CCCC1O)Cc1ccccc1. The maximum Gasteiger partial charge on any atom is 0.225 e. The normalized spacial score (nSPS) is 22.3. The van der Waals surface area contributed by atoms with Gasteiger partial charge < -0.3 is 10.4 Å². The van der Waals surface area contributed by atoms with E-state index in [1.165, 1.54) is 5.56 Å². The summed E-state index contributed by atoms with van der Waals surface area (Å²) in [5, 5.41) is 13.0. The van der Waals surface area contributed by atoms with Crippen molar-refractivity contribution in [3.63, 3.8) is 0 Å². The number of likely N-dealkylation sites (N-methyl/N-ethyl adjacent to an activating group) is 1. The Labute approximate surface area is 139 Å². The van der Waals surface area contributed by atoms with E-state index in [-0.39, 0.29) is 17.9 Å². The lowest BCUT2D eigenvalue weighted by Crippen LogP contribution is -2.47. The summed E-state index contributed by atoms with van der Waals surface area (Å²) >= 11 is 0. The van der Waals surface area contributed by atoms with Gasteiger partial charge in [0, 0.05) is 12.6 Å². The Bertz CT molecular complexity index is 474. The fourth-order valence-corrected chi connectivity index (χ4v) is 3.55. The molecule has 1 fully saturated rings. The summed E-state index contributed by atoms with van der Waals surface area (Å²) in [6.45, 7) is 6.89. The molecule has 0 aromatic heterocycles.